The number of hydrogen-bond acceptors (Lipinski definition) is 8. The molecule has 1 aliphatic rings. The van der Waals surface area contributed by atoms with E-state index in [1.165, 1.54) is 11.0 Å². The van der Waals surface area contributed by atoms with Crippen molar-refractivity contribution >= 4 is 55.9 Å². The van der Waals surface area contributed by atoms with Gasteiger partial charge in [0.15, 0.2) is 12.5 Å². The van der Waals surface area contributed by atoms with Crippen molar-refractivity contribution in [2.75, 3.05) is 39.4 Å². The number of benzene rings is 3. The second-order valence-electron chi connectivity index (χ2n) is 11.9. The van der Waals surface area contributed by atoms with E-state index >= 15 is 4.39 Å². The maximum Gasteiger partial charge on any atom is 0.273 e. The van der Waals surface area contributed by atoms with Gasteiger partial charge in [0, 0.05) is 58.5 Å². The first-order chi connectivity index (χ1) is 22.7. The molecule has 0 radical (unpaired) electrons. The van der Waals surface area contributed by atoms with E-state index in [0.717, 1.165) is 44.8 Å². The van der Waals surface area contributed by atoms with Crippen LogP contribution in [-0.4, -0.2) is 74.9 Å². The Bertz CT molecular complexity index is 2190. The lowest BCUT2D eigenvalue weighted by Gasteiger charge is -2.23. The van der Waals surface area contributed by atoms with Crippen LogP contribution in [0, 0.1) is 5.82 Å². The Kier molecular flexibility index (Phi) is 7.93. The third kappa shape index (κ3) is 5.40. The van der Waals surface area contributed by atoms with Crippen LogP contribution in [0.1, 0.15) is 35.1 Å². The zero-order valence-electron chi connectivity index (χ0n) is 26.8. The van der Waals surface area contributed by atoms with Gasteiger partial charge in [-0.15, -0.1) is 0 Å². The summed E-state index contributed by atoms with van der Waals surface area (Å²) in [4.78, 5) is 25.8. The van der Waals surface area contributed by atoms with Crippen molar-refractivity contribution in [3.63, 3.8) is 0 Å². The number of nitrogens with zero attached hydrogens (tertiary/aromatic N) is 8. The third-order valence-electron chi connectivity index (χ3n) is 8.59. The Morgan fingerprint density at radius 2 is 1.89 bits per heavy atom. The summed E-state index contributed by atoms with van der Waals surface area (Å²) >= 11 is 6.64. The van der Waals surface area contributed by atoms with Gasteiger partial charge < -0.3 is 19.3 Å². The number of hydrogen-bond donors (Lipinski definition) is 0. The van der Waals surface area contributed by atoms with E-state index in [-0.39, 0.29) is 23.8 Å². The number of ether oxygens (including phenoxy) is 2. The number of amides is 1. The highest BCUT2D eigenvalue weighted by atomic mass is 35.5. The SMILES string of the molecule is CCc1c(F)ccc2cc(OCOC)cc(-c3cc4nc(Cl)nc(N5CCCn6nc(C(=O)N(C)C)cc6C5)c4c4cn(C)nc34)c12. The number of anilines is 1. The minimum atomic E-state index is -0.270. The number of carbonyl (C=O) groups excluding carboxylic acids is 1. The van der Waals surface area contributed by atoms with Crippen molar-refractivity contribution in [1.82, 2.24) is 34.4 Å². The fourth-order valence-electron chi connectivity index (χ4n) is 6.54. The Labute approximate surface area is 275 Å². The first-order valence-electron chi connectivity index (χ1n) is 15.4. The number of carbonyl (C=O) groups is 1. The molecule has 0 bridgehead atoms. The van der Waals surface area contributed by atoms with Gasteiger partial charge in [-0.05, 0) is 76.7 Å². The van der Waals surface area contributed by atoms with Gasteiger partial charge >= 0.3 is 0 Å². The van der Waals surface area contributed by atoms with Crippen molar-refractivity contribution in [3.05, 3.63) is 70.6 Å². The maximum absolute atomic E-state index is 15.3. The monoisotopic (exact) mass is 656 g/mol. The van der Waals surface area contributed by atoms with Crippen LogP contribution in [0.4, 0.5) is 10.2 Å². The standard InChI is InChI=1S/C34H34ClFN8O3/c1-6-22-26(36)9-8-19-12-21(47-18-46-5)14-23(29(19)22)24-15-27-30(25-17-42(4)40-31(24)25)32(38-34(35)37-27)43-10-7-11-44-20(16-43)13-28(39-44)33(45)41(2)3/h8-9,12-15,17H,6-7,10-11,16,18H2,1-5H3. The quantitative estimate of drug-likeness (QED) is 0.153. The minimum Gasteiger partial charge on any atom is -0.468 e. The molecule has 0 aliphatic carbocycles. The number of halogens is 2. The van der Waals surface area contributed by atoms with E-state index in [1.807, 2.05) is 49.1 Å². The molecule has 0 unspecified atom stereocenters. The molecule has 3 aromatic carbocycles. The molecule has 0 spiro atoms. The first kappa shape index (κ1) is 30.8. The normalized spacial score (nSPS) is 13.4. The van der Waals surface area contributed by atoms with Crippen LogP contribution in [-0.2, 0) is 31.3 Å². The molecular formula is C34H34ClFN8O3. The predicted molar refractivity (Wildman–Crippen MR) is 180 cm³/mol. The molecule has 4 heterocycles. The van der Waals surface area contributed by atoms with Gasteiger partial charge in [0.2, 0.25) is 5.28 Å². The summed E-state index contributed by atoms with van der Waals surface area (Å²) in [7, 11) is 6.86. The molecule has 3 aromatic heterocycles. The molecule has 0 atom stereocenters. The van der Waals surface area contributed by atoms with Crippen LogP contribution in [0.5, 0.6) is 5.75 Å². The molecule has 0 N–H and O–H groups in total. The Hall–Kier alpha value is -4.81. The molecular weight excluding hydrogens is 623 g/mol. The average molecular weight is 657 g/mol. The largest absolute Gasteiger partial charge is 0.468 e. The second-order valence-corrected chi connectivity index (χ2v) is 12.3. The molecule has 242 valence electrons. The number of aryl methyl sites for hydroxylation is 3. The average Bonchev–Trinajstić information content (AvgIpc) is 3.58. The van der Waals surface area contributed by atoms with E-state index in [9.17, 15) is 4.79 Å². The van der Waals surface area contributed by atoms with Gasteiger partial charge in [-0.3, -0.25) is 14.2 Å². The second kappa shape index (κ2) is 12.1. The van der Waals surface area contributed by atoms with Crippen molar-refractivity contribution in [1.29, 1.82) is 0 Å². The molecule has 47 heavy (non-hydrogen) atoms. The summed E-state index contributed by atoms with van der Waals surface area (Å²) in [6.45, 7) is 3.84. The molecule has 13 heteroatoms. The van der Waals surface area contributed by atoms with Gasteiger partial charge in [0.1, 0.15) is 22.9 Å². The van der Waals surface area contributed by atoms with Crippen molar-refractivity contribution < 1.29 is 18.7 Å². The Morgan fingerprint density at radius 3 is 2.66 bits per heavy atom. The van der Waals surface area contributed by atoms with Crippen molar-refractivity contribution in [2.24, 2.45) is 7.05 Å². The lowest BCUT2D eigenvalue weighted by molar-refractivity contribution is 0.0512. The van der Waals surface area contributed by atoms with Gasteiger partial charge in [0.05, 0.1) is 23.1 Å². The zero-order chi connectivity index (χ0) is 33.0. The predicted octanol–water partition coefficient (Wildman–Crippen LogP) is 5.98. The number of rotatable bonds is 7. The molecule has 1 amide bonds. The lowest BCUT2D eigenvalue weighted by Crippen LogP contribution is -2.24. The minimum absolute atomic E-state index is 0.0647. The number of methoxy groups -OCH3 is 1. The highest BCUT2D eigenvalue weighted by Gasteiger charge is 2.26. The smallest absolute Gasteiger partial charge is 0.273 e. The first-order valence-corrected chi connectivity index (χ1v) is 15.8. The molecule has 0 fully saturated rings. The van der Waals surface area contributed by atoms with Crippen LogP contribution in [0.15, 0.2) is 42.6 Å². The Balaban J connectivity index is 1.45. The van der Waals surface area contributed by atoms with E-state index in [1.54, 1.807) is 32.0 Å². The van der Waals surface area contributed by atoms with Crippen LogP contribution in [0.2, 0.25) is 5.28 Å². The molecule has 1 aliphatic heterocycles. The molecule has 6 aromatic rings. The summed E-state index contributed by atoms with van der Waals surface area (Å²) < 4.78 is 30.0. The lowest BCUT2D eigenvalue weighted by atomic mass is 9.91. The van der Waals surface area contributed by atoms with E-state index in [0.29, 0.717) is 59.9 Å². The highest BCUT2D eigenvalue weighted by molar-refractivity contribution is 6.29. The summed E-state index contributed by atoms with van der Waals surface area (Å²) in [6.07, 6.45) is 3.23. The summed E-state index contributed by atoms with van der Waals surface area (Å²) in [5.41, 5.74) is 4.79. The molecule has 11 nitrogen and oxygen atoms in total. The molecule has 7 rings (SSSR count). The summed E-state index contributed by atoms with van der Waals surface area (Å²) in [5.74, 6) is 0.838. The van der Waals surface area contributed by atoms with Gasteiger partial charge in [0.25, 0.3) is 5.91 Å². The van der Waals surface area contributed by atoms with Crippen molar-refractivity contribution in [3.8, 4) is 16.9 Å². The summed E-state index contributed by atoms with van der Waals surface area (Å²) in [6, 6.07) is 10.9. The van der Waals surface area contributed by atoms with Gasteiger partial charge in [-0.2, -0.15) is 15.2 Å². The van der Waals surface area contributed by atoms with Crippen LogP contribution in [0.25, 0.3) is 43.7 Å². The number of fused-ring (bicyclic) bond motifs is 5. The van der Waals surface area contributed by atoms with E-state index < -0.39 is 0 Å². The van der Waals surface area contributed by atoms with Crippen LogP contribution in [0.3, 0.4) is 0 Å². The number of aromatic nitrogens is 6. The van der Waals surface area contributed by atoms with E-state index in [4.69, 9.17) is 36.1 Å². The topological polar surface area (TPSA) is 103 Å². The molecule has 0 saturated heterocycles. The van der Waals surface area contributed by atoms with Crippen molar-refractivity contribution in [2.45, 2.75) is 32.9 Å². The summed E-state index contributed by atoms with van der Waals surface area (Å²) in [5, 5.41) is 12.9. The Morgan fingerprint density at radius 1 is 1.06 bits per heavy atom. The highest BCUT2D eigenvalue weighted by Crippen LogP contribution is 2.43. The fraction of sp³-hybridized carbons (Fsp3) is 0.324. The maximum atomic E-state index is 15.3. The van der Waals surface area contributed by atoms with Gasteiger partial charge in [-0.25, -0.2) is 9.37 Å². The fourth-order valence-corrected chi connectivity index (χ4v) is 6.71. The molecule has 0 saturated carbocycles. The van der Waals surface area contributed by atoms with E-state index in [2.05, 4.69) is 10.00 Å². The zero-order valence-corrected chi connectivity index (χ0v) is 27.6. The van der Waals surface area contributed by atoms with Crippen LogP contribution < -0.4 is 9.64 Å². The van der Waals surface area contributed by atoms with Gasteiger partial charge in [-0.1, -0.05) is 13.0 Å². The van der Waals surface area contributed by atoms with Crippen LogP contribution >= 0.6 is 11.6 Å². The third-order valence-corrected chi connectivity index (χ3v) is 8.76.